The van der Waals surface area contributed by atoms with E-state index >= 15 is 0 Å². The second kappa shape index (κ2) is 4.99. The summed E-state index contributed by atoms with van der Waals surface area (Å²) in [6.07, 6.45) is 1.52. The third kappa shape index (κ3) is 3.25. The van der Waals surface area contributed by atoms with Gasteiger partial charge in [0.15, 0.2) is 0 Å². The fourth-order valence-electron chi connectivity index (χ4n) is 1.01. The van der Waals surface area contributed by atoms with Gasteiger partial charge in [-0.05, 0) is 12.8 Å². The van der Waals surface area contributed by atoms with Gasteiger partial charge in [0.1, 0.15) is 6.04 Å². The molecule has 0 radical (unpaired) electrons. The van der Waals surface area contributed by atoms with Crippen LogP contribution in [0.2, 0.25) is 0 Å². The topological polar surface area (TPSA) is 63.3 Å². The van der Waals surface area contributed by atoms with Crippen LogP contribution >= 0.6 is 23.5 Å². The van der Waals surface area contributed by atoms with E-state index in [1.54, 1.807) is 0 Å². The van der Waals surface area contributed by atoms with Crippen molar-refractivity contribution in [2.45, 2.75) is 23.5 Å². The van der Waals surface area contributed by atoms with Crippen molar-refractivity contribution in [2.24, 2.45) is 5.73 Å². The number of thioether (sulfide) groups is 2. The third-order valence-corrected chi connectivity index (χ3v) is 4.89. The largest absolute Gasteiger partial charge is 0.480 e. The fraction of sp³-hybridized carbons (Fsp3) is 0.857. The van der Waals surface area contributed by atoms with E-state index in [1.165, 1.54) is 11.5 Å². The van der Waals surface area contributed by atoms with Crippen molar-refractivity contribution in [3.05, 3.63) is 0 Å². The highest BCUT2D eigenvalue weighted by atomic mass is 32.2. The molecule has 1 saturated heterocycles. The molecule has 5 heteroatoms. The Balaban J connectivity index is 2.11. The van der Waals surface area contributed by atoms with Crippen LogP contribution in [0.4, 0.5) is 0 Å². The van der Waals surface area contributed by atoms with E-state index < -0.39 is 12.0 Å². The number of carboxylic acids is 1. The molecule has 0 unspecified atom stereocenters. The van der Waals surface area contributed by atoms with E-state index in [0.29, 0.717) is 11.0 Å². The number of hydrogen-bond acceptors (Lipinski definition) is 4. The quantitative estimate of drug-likeness (QED) is 0.719. The van der Waals surface area contributed by atoms with Gasteiger partial charge in [0.05, 0.1) is 4.58 Å². The first-order valence-corrected chi connectivity index (χ1v) is 6.01. The van der Waals surface area contributed by atoms with Crippen LogP contribution in [0, 0.1) is 0 Å². The summed E-state index contributed by atoms with van der Waals surface area (Å²) in [4.78, 5) is 10.4. The maximum Gasteiger partial charge on any atom is 0.320 e. The minimum atomic E-state index is -0.886. The molecule has 1 aliphatic heterocycles. The molecule has 3 N–H and O–H groups in total. The molecule has 70 valence electrons. The average molecular weight is 207 g/mol. The molecule has 1 aliphatic rings. The SMILES string of the molecule is N[C@H](CCC1SCCS1)C(=O)O. The summed E-state index contributed by atoms with van der Waals surface area (Å²) < 4.78 is 0.579. The third-order valence-electron chi connectivity index (χ3n) is 1.72. The number of rotatable bonds is 4. The van der Waals surface area contributed by atoms with Crippen LogP contribution in [0.15, 0.2) is 0 Å². The molecule has 0 aromatic rings. The van der Waals surface area contributed by atoms with Gasteiger partial charge in [0.2, 0.25) is 0 Å². The van der Waals surface area contributed by atoms with Gasteiger partial charge < -0.3 is 10.8 Å². The van der Waals surface area contributed by atoms with E-state index in [1.807, 2.05) is 23.5 Å². The zero-order valence-electron chi connectivity index (χ0n) is 6.73. The summed E-state index contributed by atoms with van der Waals surface area (Å²) in [5, 5.41) is 8.52. The number of carboxylic acid groups (broad SMARTS) is 1. The lowest BCUT2D eigenvalue weighted by molar-refractivity contribution is -0.138. The Morgan fingerprint density at radius 1 is 1.58 bits per heavy atom. The lowest BCUT2D eigenvalue weighted by Gasteiger charge is -2.09. The van der Waals surface area contributed by atoms with Crippen LogP contribution in [-0.4, -0.2) is 33.2 Å². The molecule has 0 bridgehead atoms. The predicted octanol–water partition coefficient (Wildman–Crippen LogP) is 0.985. The van der Waals surface area contributed by atoms with Crippen molar-refractivity contribution in [3.63, 3.8) is 0 Å². The van der Waals surface area contributed by atoms with Gasteiger partial charge in [-0.15, -0.1) is 23.5 Å². The lowest BCUT2D eigenvalue weighted by atomic mass is 10.2. The maximum absolute atomic E-state index is 10.4. The zero-order valence-corrected chi connectivity index (χ0v) is 8.37. The molecule has 0 aliphatic carbocycles. The van der Waals surface area contributed by atoms with E-state index in [9.17, 15) is 4.79 Å². The molecule has 0 aromatic heterocycles. The van der Waals surface area contributed by atoms with Crippen LogP contribution in [0.5, 0.6) is 0 Å². The van der Waals surface area contributed by atoms with Gasteiger partial charge in [0, 0.05) is 11.5 Å². The normalized spacial score (nSPS) is 21.1. The Morgan fingerprint density at radius 2 is 2.17 bits per heavy atom. The van der Waals surface area contributed by atoms with Crippen molar-refractivity contribution >= 4 is 29.5 Å². The highest BCUT2D eigenvalue weighted by Gasteiger charge is 2.19. The van der Waals surface area contributed by atoms with Crippen molar-refractivity contribution < 1.29 is 9.90 Å². The summed E-state index contributed by atoms with van der Waals surface area (Å²) in [5.74, 6) is 1.50. The maximum atomic E-state index is 10.4. The lowest BCUT2D eigenvalue weighted by Crippen LogP contribution is -2.30. The van der Waals surface area contributed by atoms with Crippen molar-refractivity contribution in [3.8, 4) is 0 Å². The Kier molecular flexibility index (Phi) is 4.25. The van der Waals surface area contributed by atoms with Gasteiger partial charge in [-0.3, -0.25) is 4.79 Å². The number of hydrogen-bond donors (Lipinski definition) is 2. The van der Waals surface area contributed by atoms with Crippen LogP contribution in [0.3, 0.4) is 0 Å². The van der Waals surface area contributed by atoms with E-state index in [0.717, 1.165) is 6.42 Å². The van der Waals surface area contributed by atoms with E-state index in [-0.39, 0.29) is 0 Å². The molecule has 1 fully saturated rings. The molecule has 0 amide bonds. The monoisotopic (exact) mass is 207 g/mol. The summed E-state index contributed by atoms with van der Waals surface area (Å²) >= 11 is 3.82. The Hall–Kier alpha value is 0.130. The molecule has 0 spiro atoms. The summed E-state index contributed by atoms with van der Waals surface area (Å²) in [7, 11) is 0. The van der Waals surface area contributed by atoms with Gasteiger partial charge in [-0.1, -0.05) is 0 Å². The molecule has 0 saturated carbocycles. The molecule has 1 heterocycles. The molecule has 3 nitrogen and oxygen atoms in total. The average Bonchev–Trinajstić information content (AvgIpc) is 2.51. The number of nitrogens with two attached hydrogens (primary N) is 1. The van der Waals surface area contributed by atoms with E-state index in [2.05, 4.69) is 0 Å². The van der Waals surface area contributed by atoms with Crippen LogP contribution in [-0.2, 0) is 4.79 Å². The Morgan fingerprint density at radius 3 is 2.67 bits per heavy atom. The summed E-state index contributed by atoms with van der Waals surface area (Å²) in [6.45, 7) is 0. The first kappa shape index (κ1) is 10.2. The van der Waals surface area contributed by atoms with Crippen LogP contribution < -0.4 is 5.73 Å². The highest BCUT2D eigenvalue weighted by molar-refractivity contribution is 8.20. The fourth-order valence-corrected chi connectivity index (χ4v) is 3.88. The molecule has 1 rings (SSSR count). The van der Waals surface area contributed by atoms with Gasteiger partial charge >= 0.3 is 5.97 Å². The standard InChI is InChI=1S/C7H13NO2S2/c8-5(7(9)10)1-2-6-11-3-4-12-6/h5-6H,1-4,8H2,(H,9,10)/t5-/m1/s1. The van der Waals surface area contributed by atoms with Crippen molar-refractivity contribution in [1.29, 1.82) is 0 Å². The highest BCUT2D eigenvalue weighted by Crippen LogP contribution is 2.35. The summed E-state index contributed by atoms with van der Waals surface area (Å²) in [5.41, 5.74) is 5.38. The molecule has 1 atom stereocenters. The first-order chi connectivity index (χ1) is 5.70. The minimum absolute atomic E-state index is 0.579. The van der Waals surface area contributed by atoms with Gasteiger partial charge in [-0.25, -0.2) is 0 Å². The van der Waals surface area contributed by atoms with Gasteiger partial charge in [-0.2, -0.15) is 0 Å². The number of aliphatic carboxylic acids is 1. The predicted molar refractivity (Wildman–Crippen MR) is 53.5 cm³/mol. The second-order valence-corrected chi connectivity index (χ2v) is 5.61. The smallest absolute Gasteiger partial charge is 0.320 e. The van der Waals surface area contributed by atoms with Gasteiger partial charge in [0.25, 0.3) is 0 Å². The molecular formula is C7H13NO2S2. The van der Waals surface area contributed by atoms with Crippen LogP contribution in [0.25, 0.3) is 0 Å². The molecular weight excluding hydrogens is 194 g/mol. The van der Waals surface area contributed by atoms with Crippen LogP contribution in [0.1, 0.15) is 12.8 Å². The molecule has 12 heavy (non-hydrogen) atoms. The summed E-state index contributed by atoms with van der Waals surface area (Å²) in [6, 6.07) is -0.674. The van der Waals surface area contributed by atoms with Crippen molar-refractivity contribution in [2.75, 3.05) is 11.5 Å². The Bertz CT molecular complexity index is 159. The second-order valence-electron chi connectivity index (χ2n) is 2.69. The Labute approximate surface area is 80.5 Å². The minimum Gasteiger partial charge on any atom is -0.480 e. The zero-order chi connectivity index (χ0) is 8.97. The number of carbonyl (C=O) groups is 1. The van der Waals surface area contributed by atoms with Crippen molar-refractivity contribution in [1.82, 2.24) is 0 Å². The molecule has 0 aromatic carbocycles. The first-order valence-electron chi connectivity index (χ1n) is 3.91. The van der Waals surface area contributed by atoms with E-state index in [4.69, 9.17) is 10.8 Å².